The van der Waals surface area contributed by atoms with Crippen molar-refractivity contribution in [2.24, 2.45) is 0 Å². The Morgan fingerprint density at radius 1 is 1.12 bits per heavy atom. The molecule has 0 saturated heterocycles. The summed E-state index contributed by atoms with van der Waals surface area (Å²) in [6.07, 6.45) is 0.620. The SMILES string of the molecule is CN(C)C(=O)c1ccc(Oc2cc(C(=O)O)cc3c2CC(C)(C)O3)cc1. The van der Waals surface area contributed by atoms with Crippen molar-refractivity contribution in [3.05, 3.63) is 53.1 Å². The average Bonchev–Trinajstić information content (AvgIpc) is 2.89. The maximum Gasteiger partial charge on any atom is 0.335 e. The maximum atomic E-state index is 12.0. The summed E-state index contributed by atoms with van der Waals surface area (Å²) in [6.45, 7) is 3.89. The second kappa shape index (κ2) is 6.37. The zero-order valence-electron chi connectivity index (χ0n) is 15.2. The van der Waals surface area contributed by atoms with Crippen LogP contribution in [0.3, 0.4) is 0 Å². The lowest BCUT2D eigenvalue weighted by Crippen LogP contribution is -2.24. The van der Waals surface area contributed by atoms with Crippen molar-refractivity contribution in [3.8, 4) is 17.2 Å². The van der Waals surface area contributed by atoms with Gasteiger partial charge in [-0.25, -0.2) is 4.79 Å². The molecule has 2 aromatic carbocycles. The van der Waals surface area contributed by atoms with Crippen molar-refractivity contribution in [2.75, 3.05) is 14.1 Å². The molecule has 0 unspecified atom stereocenters. The average molecular weight is 355 g/mol. The third-order valence-corrected chi connectivity index (χ3v) is 4.14. The number of carboxylic acid groups (broad SMARTS) is 1. The van der Waals surface area contributed by atoms with Crippen molar-refractivity contribution in [1.82, 2.24) is 4.90 Å². The number of carboxylic acids is 1. The van der Waals surface area contributed by atoms with Gasteiger partial charge in [0.05, 0.1) is 5.56 Å². The topological polar surface area (TPSA) is 76.1 Å². The fraction of sp³-hybridized carbons (Fsp3) is 0.300. The summed E-state index contributed by atoms with van der Waals surface area (Å²) in [5.41, 5.74) is 1.08. The van der Waals surface area contributed by atoms with E-state index in [1.54, 1.807) is 38.4 Å². The number of hydrogen-bond acceptors (Lipinski definition) is 4. The molecule has 1 amide bonds. The van der Waals surface area contributed by atoms with Crippen LogP contribution < -0.4 is 9.47 Å². The highest BCUT2D eigenvalue weighted by molar-refractivity contribution is 5.94. The fourth-order valence-electron chi connectivity index (χ4n) is 2.91. The van der Waals surface area contributed by atoms with Crippen LogP contribution >= 0.6 is 0 Å². The summed E-state index contributed by atoms with van der Waals surface area (Å²) in [4.78, 5) is 24.9. The number of nitrogens with zero attached hydrogens (tertiary/aromatic N) is 1. The second-order valence-electron chi connectivity index (χ2n) is 7.12. The third kappa shape index (κ3) is 3.49. The van der Waals surface area contributed by atoms with Crippen LogP contribution in [0, 0.1) is 0 Å². The number of carbonyl (C=O) groups excluding carboxylic acids is 1. The standard InChI is InChI=1S/C20H21NO5/c1-20(2)11-15-16(9-13(19(23)24)10-17(15)26-20)25-14-7-5-12(6-8-14)18(22)21(3)4/h5-10H,11H2,1-4H3,(H,23,24). The van der Waals surface area contributed by atoms with Gasteiger partial charge in [-0.15, -0.1) is 0 Å². The number of carbonyl (C=O) groups is 2. The van der Waals surface area contributed by atoms with Crippen LogP contribution in [0.2, 0.25) is 0 Å². The molecule has 0 aliphatic carbocycles. The first-order valence-electron chi connectivity index (χ1n) is 8.25. The van der Waals surface area contributed by atoms with Crippen molar-refractivity contribution in [3.63, 3.8) is 0 Å². The number of hydrogen-bond donors (Lipinski definition) is 1. The van der Waals surface area contributed by atoms with E-state index in [1.165, 1.54) is 17.0 Å². The molecule has 6 nitrogen and oxygen atoms in total. The van der Waals surface area contributed by atoms with E-state index in [0.29, 0.717) is 29.2 Å². The molecule has 1 N–H and O–H groups in total. The zero-order chi connectivity index (χ0) is 19.1. The molecule has 26 heavy (non-hydrogen) atoms. The highest BCUT2D eigenvalue weighted by Crippen LogP contribution is 2.42. The normalized spacial score (nSPS) is 14.3. The van der Waals surface area contributed by atoms with E-state index < -0.39 is 11.6 Å². The van der Waals surface area contributed by atoms with Gasteiger partial charge in [0, 0.05) is 31.6 Å². The van der Waals surface area contributed by atoms with Gasteiger partial charge in [-0.1, -0.05) is 0 Å². The summed E-state index contributed by atoms with van der Waals surface area (Å²) in [7, 11) is 3.38. The summed E-state index contributed by atoms with van der Waals surface area (Å²) >= 11 is 0. The Kier molecular flexibility index (Phi) is 4.36. The van der Waals surface area contributed by atoms with Crippen molar-refractivity contribution in [1.29, 1.82) is 0 Å². The lowest BCUT2D eigenvalue weighted by atomic mass is 10.00. The number of benzene rings is 2. The molecule has 1 aliphatic rings. The lowest BCUT2D eigenvalue weighted by molar-refractivity contribution is 0.0694. The number of ether oxygens (including phenoxy) is 2. The smallest absolute Gasteiger partial charge is 0.335 e. The van der Waals surface area contributed by atoms with Gasteiger partial charge in [-0.2, -0.15) is 0 Å². The van der Waals surface area contributed by atoms with Gasteiger partial charge in [0.25, 0.3) is 5.91 Å². The fourth-order valence-corrected chi connectivity index (χ4v) is 2.91. The number of fused-ring (bicyclic) bond motifs is 1. The Hall–Kier alpha value is -3.02. The van der Waals surface area contributed by atoms with Crippen LogP contribution in [0.4, 0.5) is 0 Å². The van der Waals surface area contributed by atoms with Crippen LogP contribution in [0.5, 0.6) is 17.2 Å². The van der Waals surface area contributed by atoms with Gasteiger partial charge < -0.3 is 19.5 Å². The van der Waals surface area contributed by atoms with E-state index in [0.717, 1.165) is 5.56 Å². The van der Waals surface area contributed by atoms with Crippen molar-refractivity contribution in [2.45, 2.75) is 25.9 Å². The molecule has 0 radical (unpaired) electrons. The molecule has 6 heteroatoms. The van der Waals surface area contributed by atoms with Gasteiger partial charge in [0.1, 0.15) is 22.8 Å². The quantitative estimate of drug-likeness (QED) is 0.907. The molecule has 0 atom stereocenters. The highest BCUT2D eigenvalue weighted by atomic mass is 16.5. The summed E-state index contributed by atoms with van der Waals surface area (Å²) in [5.74, 6) is 0.370. The maximum absolute atomic E-state index is 12.0. The van der Waals surface area contributed by atoms with Crippen LogP contribution in [-0.2, 0) is 6.42 Å². The first-order chi connectivity index (χ1) is 12.2. The van der Waals surface area contributed by atoms with Gasteiger partial charge in [-0.05, 0) is 50.2 Å². The lowest BCUT2D eigenvalue weighted by Gasteiger charge is -2.16. The van der Waals surface area contributed by atoms with E-state index in [1.807, 2.05) is 13.8 Å². The Morgan fingerprint density at radius 3 is 2.35 bits per heavy atom. The Labute approximate surface area is 152 Å². The number of aromatic carboxylic acids is 1. The minimum absolute atomic E-state index is 0.0968. The van der Waals surface area contributed by atoms with E-state index >= 15 is 0 Å². The molecule has 0 spiro atoms. The number of amides is 1. The molecule has 1 heterocycles. The molecule has 0 aromatic heterocycles. The zero-order valence-corrected chi connectivity index (χ0v) is 15.2. The van der Waals surface area contributed by atoms with E-state index in [-0.39, 0.29) is 11.5 Å². The van der Waals surface area contributed by atoms with Gasteiger partial charge in [0.2, 0.25) is 0 Å². The van der Waals surface area contributed by atoms with E-state index in [2.05, 4.69) is 0 Å². The minimum atomic E-state index is -1.04. The van der Waals surface area contributed by atoms with Gasteiger partial charge in [0.15, 0.2) is 0 Å². The molecule has 0 bridgehead atoms. The first kappa shape index (κ1) is 17.8. The van der Waals surface area contributed by atoms with Gasteiger partial charge in [-0.3, -0.25) is 4.79 Å². The molecular formula is C20H21NO5. The second-order valence-corrected chi connectivity index (χ2v) is 7.12. The molecule has 3 rings (SSSR count). The van der Waals surface area contributed by atoms with E-state index in [4.69, 9.17) is 9.47 Å². The summed E-state index contributed by atoms with van der Waals surface area (Å²) < 4.78 is 11.8. The Balaban J connectivity index is 1.93. The molecule has 1 aliphatic heterocycles. The first-order valence-corrected chi connectivity index (χ1v) is 8.25. The largest absolute Gasteiger partial charge is 0.487 e. The summed E-state index contributed by atoms with van der Waals surface area (Å²) in [6, 6.07) is 9.77. The Bertz CT molecular complexity index is 869. The third-order valence-electron chi connectivity index (χ3n) is 4.14. The van der Waals surface area contributed by atoms with Crippen LogP contribution in [0.15, 0.2) is 36.4 Å². The number of rotatable bonds is 4. The predicted octanol–water partition coefficient (Wildman–Crippen LogP) is 3.59. The molecule has 0 fully saturated rings. The summed E-state index contributed by atoms with van der Waals surface area (Å²) in [5, 5.41) is 9.33. The van der Waals surface area contributed by atoms with Crippen molar-refractivity contribution >= 4 is 11.9 Å². The Morgan fingerprint density at radius 2 is 1.77 bits per heavy atom. The van der Waals surface area contributed by atoms with Crippen LogP contribution in [-0.4, -0.2) is 41.6 Å². The molecule has 0 saturated carbocycles. The molecule has 136 valence electrons. The van der Waals surface area contributed by atoms with Crippen LogP contribution in [0.25, 0.3) is 0 Å². The highest BCUT2D eigenvalue weighted by Gasteiger charge is 2.33. The predicted molar refractivity (Wildman–Crippen MR) is 96.3 cm³/mol. The van der Waals surface area contributed by atoms with Gasteiger partial charge >= 0.3 is 5.97 Å². The molecular weight excluding hydrogens is 334 g/mol. The minimum Gasteiger partial charge on any atom is -0.487 e. The molecule has 2 aromatic rings. The van der Waals surface area contributed by atoms with Crippen molar-refractivity contribution < 1.29 is 24.2 Å². The van der Waals surface area contributed by atoms with E-state index in [9.17, 15) is 14.7 Å². The van der Waals surface area contributed by atoms with Crippen LogP contribution in [0.1, 0.15) is 40.1 Å². The monoisotopic (exact) mass is 355 g/mol.